The Morgan fingerprint density at radius 1 is 1.04 bits per heavy atom. The second kappa shape index (κ2) is 7.44. The van der Waals surface area contributed by atoms with Crippen LogP contribution in [0.25, 0.3) is 0 Å². The van der Waals surface area contributed by atoms with Crippen molar-refractivity contribution in [2.24, 2.45) is 11.8 Å². The van der Waals surface area contributed by atoms with Gasteiger partial charge in [0.25, 0.3) is 0 Å². The quantitative estimate of drug-likeness (QED) is 0.311. The molecule has 2 rings (SSSR count). The molecule has 10 heteroatoms. The number of ether oxygens (including phenoxy) is 2. The van der Waals surface area contributed by atoms with Crippen LogP contribution in [0.4, 0.5) is 0 Å². The van der Waals surface area contributed by atoms with E-state index in [-0.39, 0.29) is 36.1 Å². The lowest BCUT2D eigenvalue weighted by molar-refractivity contribution is -0.162. The van der Waals surface area contributed by atoms with Gasteiger partial charge in [0.2, 0.25) is 0 Å². The Kier molecular flexibility index (Phi) is 6.47. The second-order valence-corrected chi connectivity index (χ2v) is 9.23. The smallest absolute Gasteiger partial charge is 0.320 e. The van der Waals surface area contributed by atoms with Crippen molar-refractivity contribution in [2.45, 2.75) is 40.8 Å². The highest BCUT2D eigenvalue weighted by atomic mass is 35.5. The second-order valence-electron chi connectivity index (χ2n) is 5.91. The zero-order valence-electron chi connectivity index (χ0n) is 13.4. The first-order valence-corrected chi connectivity index (χ1v) is 9.90. The molecule has 0 aromatic rings. The van der Waals surface area contributed by atoms with Gasteiger partial charge in [-0.2, -0.15) is 0 Å². The number of fused-ring (bicyclic) bond motifs is 2. The maximum atomic E-state index is 12.2. The number of rotatable bonds is 6. The first kappa shape index (κ1) is 21.7. The van der Waals surface area contributed by atoms with Crippen LogP contribution in [0.2, 0.25) is 0 Å². The normalized spacial score (nSPS) is 33.1. The van der Waals surface area contributed by atoms with E-state index in [1.807, 2.05) is 0 Å². The zero-order chi connectivity index (χ0) is 19.2. The number of carbonyl (C=O) groups excluding carboxylic acids is 2. The van der Waals surface area contributed by atoms with Gasteiger partial charge in [0.05, 0.1) is 23.3 Å². The highest BCUT2D eigenvalue weighted by Crippen LogP contribution is 2.74. The molecule has 0 heterocycles. The topological polar surface area (TPSA) is 52.6 Å². The van der Waals surface area contributed by atoms with E-state index in [1.54, 1.807) is 13.8 Å². The van der Waals surface area contributed by atoms with Crippen LogP contribution in [0, 0.1) is 11.8 Å². The maximum Gasteiger partial charge on any atom is 0.320 e. The number of hydrogen-bond acceptors (Lipinski definition) is 4. The fourth-order valence-electron chi connectivity index (χ4n) is 3.34. The molecule has 1 saturated carbocycles. The number of esters is 2. The summed E-state index contributed by atoms with van der Waals surface area (Å²) in [6.07, 6.45) is 0.118. The monoisotopic (exact) mass is 470 g/mol. The van der Waals surface area contributed by atoms with Gasteiger partial charge in [0.15, 0.2) is 10.3 Å². The molecule has 2 aliphatic rings. The third kappa shape index (κ3) is 3.05. The van der Waals surface area contributed by atoms with E-state index in [0.29, 0.717) is 0 Å². The molecule has 3 atom stereocenters. The first-order chi connectivity index (χ1) is 11.5. The molecule has 0 radical (unpaired) electrons. The van der Waals surface area contributed by atoms with Gasteiger partial charge >= 0.3 is 11.9 Å². The van der Waals surface area contributed by atoms with E-state index in [4.69, 9.17) is 79.1 Å². The van der Waals surface area contributed by atoms with Crippen LogP contribution in [-0.2, 0) is 19.1 Å². The van der Waals surface area contributed by atoms with Gasteiger partial charge in [-0.05, 0) is 32.6 Å². The van der Waals surface area contributed by atoms with Gasteiger partial charge in [-0.15, -0.1) is 23.2 Å². The van der Waals surface area contributed by atoms with Crippen LogP contribution >= 0.6 is 69.6 Å². The van der Waals surface area contributed by atoms with Crippen molar-refractivity contribution >= 4 is 81.5 Å². The summed E-state index contributed by atoms with van der Waals surface area (Å²) in [5.41, 5.74) is 0. The van der Waals surface area contributed by atoms with E-state index >= 15 is 0 Å². The predicted molar refractivity (Wildman–Crippen MR) is 99.8 cm³/mol. The SMILES string of the molecule is CCOC(=O)C(C[C@@H]1C[C@]2(Cl)C(Cl)=C(Cl)[C@@]1(Cl)C2(Cl)Cl)C(=O)OCC. The van der Waals surface area contributed by atoms with Gasteiger partial charge in [0, 0.05) is 0 Å². The number of allylic oxidation sites excluding steroid dienone is 2. The summed E-state index contributed by atoms with van der Waals surface area (Å²) in [5.74, 6) is -3.20. The number of carbonyl (C=O) groups is 2. The third-order valence-corrected chi connectivity index (χ3v) is 8.89. The van der Waals surface area contributed by atoms with Crippen molar-refractivity contribution in [2.75, 3.05) is 13.2 Å². The average molecular weight is 473 g/mol. The number of alkyl halides is 4. The van der Waals surface area contributed by atoms with Crippen LogP contribution in [0.3, 0.4) is 0 Å². The van der Waals surface area contributed by atoms with Crippen LogP contribution in [0.5, 0.6) is 0 Å². The Morgan fingerprint density at radius 3 is 1.88 bits per heavy atom. The summed E-state index contributed by atoms with van der Waals surface area (Å²) in [6, 6.07) is 0. The lowest BCUT2D eigenvalue weighted by atomic mass is 9.84. The van der Waals surface area contributed by atoms with E-state index in [2.05, 4.69) is 0 Å². The molecule has 0 aromatic heterocycles. The minimum atomic E-state index is -1.70. The van der Waals surface area contributed by atoms with Crippen molar-refractivity contribution in [1.82, 2.24) is 0 Å². The maximum absolute atomic E-state index is 12.2. The van der Waals surface area contributed by atoms with Gasteiger partial charge in [-0.25, -0.2) is 0 Å². The average Bonchev–Trinajstić information content (AvgIpc) is 2.75. The molecule has 142 valence electrons. The Balaban J connectivity index is 2.35. The van der Waals surface area contributed by atoms with Crippen LogP contribution in [0.1, 0.15) is 26.7 Å². The Bertz CT molecular complexity index is 603. The van der Waals surface area contributed by atoms with Crippen LogP contribution < -0.4 is 0 Å². The summed E-state index contributed by atoms with van der Waals surface area (Å²) in [5, 5.41) is 0.106. The minimum absolute atomic E-state index is 0.0264. The Labute approximate surface area is 176 Å². The lowest BCUT2D eigenvalue weighted by Crippen LogP contribution is -2.45. The van der Waals surface area contributed by atoms with Crippen LogP contribution in [0.15, 0.2) is 10.1 Å². The predicted octanol–water partition coefficient (Wildman–Crippen LogP) is 4.97. The summed E-state index contributed by atoms with van der Waals surface area (Å²) < 4.78 is 8.24. The molecule has 0 spiro atoms. The molecule has 0 unspecified atom stereocenters. The summed E-state index contributed by atoms with van der Waals surface area (Å²) >= 11 is 38.5. The van der Waals surface area contributed by atoms with E-state index < -0.39 is 37.9 Å². The van der Waals surface area contributed by atoms with Gasteiger partial charge in [0.1, 0.15) is 9.75 Å². The molecule has 25 heavy (non-hydrogen) atoms. The van der Waals surface area contributed by atoms with E-state index in [1.165, 1.54) is 0 Å². The molecule has 0 aromatic carbocycles. The standard InChI is InChI=1S/C15H16Cl6O4/c1-3-24-11(22)8(12(23)25-4-2)5-7-6-13(18)9(16)10(17)14(7,19)15(13,20)21/h7-8H,3-6H2,1-2H3/t7-,13+,14-/m1/s1. The zero-order valence-corrected chi connectivity index (χ0v) is 17.9. The van der Waals surface area contributed by atoms with Crippen molar-refractivity contribution < 1.29 is 19.1 Å². The van der Waals surface area contributed by atoms with E-state index in [9.17, 15) is 9.59 Å². The Morgan fingerprint density at radius 2 is 1.52 bits per heavy atom. The van der Waals surface area contributed by atoms with Crippen molar-refractivity contribution in [3.8, 4) is 0 Å². The van der Waals surface area contributed by atoms with Gasteiger partial charge in [-0.3, -0.25) is 9.59 Å². The molecule has 4 nitrogen and oxygen atoms in total. The fraction of sp³-hybridized carbons (Fsp3) is 0.733. The molecule has 0 amide bonds. The minimum Gasteiger partial charge on any atom is -0.465 e. The Hall–Kier alpha value is 0.420. The molecule has 2 bridgehead atoms. The summed E-state index contributed by atoms with van der Waals surface area (Å²) in [6.45, 7) is 3.51. The fourth-order valence-corrected chi connectivity index (χ4v) is 6.19. The van der Waals surface area contributed by atoms with Gasteiger partial charge in [-0.1, -0.05) is 46.4 Å². The largest absolute Gasteiger partial charge is 0.465 e. The number of hydrogen-bond donors (Lipinski definition) is 0. The highest BCUT2D eigenvalue weighted by Gasteiger charge is 2.78. The molecule has 0 N–H and O–H groups in total. The van der Waals surface area contributed by atoms with Gasteiger partial charge < -0.3 is 9.47 Å². The molecule has 2 aliphatic carbocycles. The highest BCUT2D eigenvalue weighted by molar-refractivity contribution is 6.65. The number of halogens is 6. The first-order valence-electron chi connectivity index (χ1n) is 7.64. The molecule has 0 saturated heterocycles. The molecular weight excluding hydrogens is 457 g/mol. The summed E-state index contributed by atoms with van der Waals surface area (Å²) in [7, 11) is 0. The van der Waals surface area contributed by atoms with E-state index in [0.717, 1.165) is 0 Å². The summed E-state index contributed by atoms with van der Waals surface area (Å²) in [4.78, 5) is 21.5. The molecule has 1 fully saturated rings. The van der Waals surface area contributed by atoms with Crippen molar-refractivity contribution in [3.63, 3.8) is 0 Å². The molecular formula is C15H16Cl6O4. The van der Waals surface area contributed by atoms with Crippen LogP contribution in [-0.4, -0.2) is 39.2 Å². The lowest BCUT2D eigenvalue weighted by Gasteiger charge is -2.34. The van der Waals surface area contributed by atoms with Crippen molar-refractivity contribution in [3.05, 3.63) is 10.1 Å². The van der Waals surface area contributed by atoms with Crippen molar-refractivity contribution in [1.29, 1.82) is 0 Å². The molecule has 0 aliphatic heterocycles. The third-order valence-electron chi connectivity index (χ3n) is 4.57.